The molecular weight excluding hydrogens is 182 g/mol. The van der Waals surface area contributed by atoms with Gasteiger partial charge in [0.1, 0.15) is 0 Å². The Bertz CT molecular complexity index is 265. The van der Waals surface area contributed by atoms with Crippen LogP contribution in [0, 0.1) is 5.41 Å². The van der Waals surface area contributed by atoms with Crippen molar-refractivity contribution >= 4 is 11.8 Å². The van der Waals surface area contributed by atoms with Gasteiger partial charge in [0.25, 0.3) is 0 Å². The molecule has 1 aliphatic heterocycles. The summed E-state index contributed by atoms with van der Waals surface area (Å²) in [5, 5.41) is 0. The Balaban J connectivity index is 2.66. The molecule has 1 fully saturated rings. The van der Waals surface area contributed by atoms with E-state index in [9.17, 15) is 9.59 Å². The number of hydrogen-bond donors (Lipinski definition) is 2. The first-order valence-corrected chi connectivity index (χ1v) is 4.71. The maximum Gasteiger partial charge on any atom is 0.239 e. The Kier molecular flexibility index (Phi) is 2.80. The van der Waals surface area contributed by atoms with Crippen LogP contribution >= 0.6 is 0 Å². The predicted octanol–water partition coefficient (Wildman–Crippen LogP) is -0.942. The van der Waals surface area contributed by atoms with Crippen molar-refractivity contribution < 1.29 is 9.59 Å². The number of nitrogens with two attached hydrogens (primary N) is 2. The van der Waals surface area contributed by atoms with E-state index in [0.717, 1.165) is 0 Å². The van der Waals surface area contributed by atoms with Crippen LogP contribution in [0.2, 0.25) is 0 Å². The Morgan fingerprint density at radius 3 is 2.43 bits per heavy atom. The van der Waals surface area contributed by atoms with Crippen LogP contribution in [0.15, 0.2) is 0 Å². The highest BCUT2D eigenvalue weighted by Gasteiger charge is 2.40. The molecule has 0 aromatic heterocycles. The summed E-state index contributed by atoms with van der Waals surface area (Å²) in [4.78, 5) is 24.2. The SMILES string of the molecule is C[C@@H](N)C(=O)N1CCC(C)(C(N)=O)C1. The average molecular weight is 199 g/mol. The van der Waals surface area contributed by atoms with Crippen molar-refractivity contribution in [3.63, 3.8) is 0 Å². The van der Waals surface area contributed by atoms with E-state index in [1.807, 2.05) is 0 Å². The summed E-state index contributed by atoms with van der Waals surface area (Å²) in [6.07, 6.45) is 0.626. The van der Waals surface area contributed by atoms with Crippen molar-refractivity contribution in [1.29, 1.82) is 0 Å². The maximum atomic E-state index is 11.5. The van der Waals surface area contributed by atoms with Crippen LogP contribution < -0.4 is 11.5 Å². The molecule has 0 saturated carbocycles. The molecule has 0 radical (unpaired) electrons. The van der Waals surface area contributed by atoms with Gasteiger partial charge in [-0.3, -0.25) is 9.59 Å². The second kappa shape index (κ2) is 3.57. The zero-order valence-corrected chi connectivity index (χ0v) is 8.62. The molecule has 4 N–H and O–H groups in total. The fourth-order valence-electron chi connectivity index (χ4n) is 1.64. The van der Waals surface area contributed by atoms with Gasteiger partial charge >= 0.3 is 0 Å². The van der Waals surface area contributed by atoms with Crippen molar-refractivity contribution in [1.82, 2.24) is 4.90 Å². The number of carbonyl (C=O) groups is 2. The molecule has 0 aromatic carbocycles. The van der Waals surface area contributed by atoms with Crippen LogP contribution in [-0.2, 0) is 9.59 Å². The lowest BCUT2D eigenvalue weighted by Crippen LogP contribution is -2.43. The number of likely N-dealkylation sites (tertiary alicyclic amines) is 1. The van der Waals surface area contributed by atoms with E-state index in [-0.39, 0.29) is 11.8 Å². The van der Waals surface area contributed by atoms with Gasteiger partial charge in [-0.25, -0.2) is 0 Å². The van der Waals surface area contributed by atoms with Crippen molar-refractivity contribution in [3.8, 4) is 0 Å². The molecule has 1 aliphatic rings. The van der Waals surface area contributed by atoms with Gasteiger partial charge in [0, 0.05) is 13.1 Å². The summed E-state index contributed by atoms with van der Waals surface area (Å²) in [5.74, 6) is -0.465. The average Bonchev–Trinajstić information content (AvgIpc) is 2.48. The van der Waals surface area contributed by atoms with Gasteiger partial charge in [0.2, 0.25) is 11.8 Å². The van der Waals surface area contributed by atoms with Crippen molar-refractivity contribution in [3.05, 3.63) is 0 Å². The standard InChI is InChI=1S/C9H17N3O2/c1-6(10)7(13)12-4-3-9(2,5-12)8(11)14/h6H,3-5,10H2,1-2H3,(H2,11,14)/t6-,9?/m1/s1. The normalized spacial score (nSPS) is 28.9. The number of rotatable bonds is 2. The predicted molar refractivity (Wildman–Crippen MR) is 52.1 cm³/mol. The van der Waals surface area contributed by atoms with Gasteiger partial charge in [0.15, 0.2) is 0 Å². The topological polar surface area (TPSA) is 89.4 Å². The summed E-state index contributed by atoms with van der Waals surface area (Å²) < 4.78 is 0. The van der Waals surface area contributed by atoms with Gasteiger partial charge in [-0.05, 0) is 20.3 Å². The summed E-state index contributed by atoms with van der Waals surface area (Å²) in [6, 6.07) is -0.509. The Labute approximate surface area is 83.4 Å². The highest BCUT2D eigenvalue weighted by molar-refractivity contribution is 5.85. The lowest BCUT2D eigenvalue weighted by molar-refractivity contribution is -0.132. The second-order valence-corrected chi connectivity index (χ2v) is 4.22. The smallest absolute Gasteiger partial charge is 0.239 e. The van der Waals surface area contributed by atoms with Gasteiger partial charge in [0.05, 0.1) is 11.5 Å². The van der Waals surface area contributed by atoms with Crippen LogP contribution in [0.4, 0.5) is 0 Å². The molecule has 1 heterocycles. The highest BCUT2D eigenvalue weighted by Crippen LogP contribution is 2.29. The first-order valence-electron chi connectivity index (χ1n) is 4.71. The van der Waals surface area contributed by atoms with Gasteiger partial charge < -0.3 is 16.4 Å². The number of primary amides is 1. The molecule has 0 bridgehead atoms. The van der Waals surface area contributed by atoms with Crippen molar-refractivity contribution in [2.45, 2.75) is 26.3 Å². The van der Waals surface area contributed by atoms with Crippen molar-refractivity contribution in [2.24, 2.45) is 16.9 Å². The van der Waals surface area contributed by atoms with E-state index in [0.29, 0.717) is 19.5 Å². The first-order chi connectivity index (χ1) is 6.37. The summed E-state index contributed by atoms with van der Waals surface area (Å²) in [7, 11) is 0. The Morgan fingerprint density at radius 1 is 1.50 bits per heavy atom. The summed E-state index contributed by atoms with van der Waals surface area (Å²) in [6.45, 7) is 4.38. The van der Waals surface area contributed by atoms with Gasteiger partial charge in [-0.1, -0.05) is 0 Å². The highest BCUT2D eigenvalue weighted by atomic mass is 16.2. The van der Waals surface area contributed by atoms with Crippen LogP contribution in [0.1, 0.15) is 20.3 Å². The summed E-state index contributed by atoms with van der Waals surface area (Å²) >= 11 is 0. The molecule has 5 nitrogen and oxygen atoms in total. The van der Waals surface area contributed by atoms with Crippen LogP contribution in [0.25, 0.3) is 0 Å². The molecule has 0 spiro atoms. The third-order valence-corrected chi connectivity index (χ3v) is 2.77. The van der Waals surface area contributed by atoms with Gasteiger partial charge in [-0.15, -0.1) is 0 Å². The number of amides is 2. The lowest BCUT2D eigenvalue weighted by atomic mass is 9.89. The van der Waals surface area contributed by atoms with Crippen molar-refractivity contribution in [2.75, 3.05) is 13.1 Å². The van der Waals surface area contributed by atoms with E-state index in [4.69, 9.17) is 11.5 Å². The molecule has 1 unspecified atom stereocenters. The van der Waals surface area contributed by atoms with Crippen LogP contribution in [-0.4, -0.2) is 35.8 Å². The van der Waals surface area contributed by atoms with E-state index in [1.165, 1.54) is 0 Å². The first kappa shape index (κ1) is 11.0. The fourth-order valence-corrected chi connectivity index (χ4v) is 1.64. The Morgan fingerprint density at radius 2 is 2.07 bits per heavy atom. The molecule has 80 valence electrons. The molecule has 2 atom stereocenters. The maximum absolute atomic E-state index is 11.5. The largest absolute Gasteiger partial charge is 0.369 e. The molecule has 2 amide bonds. The molecule has 14 heavy (non-hydrogen) atoms. The molecule has 0 aromatic rings. The van der Waals surface area contributed by atoms with E-state index in [2.05, 4.69) is 0 Å². The minimum absolute atomic E-state index is 0.116. The monoisotopic (exact) mass is 199 g/mol. The molecule has 1 saturated heterocycles. The van der Waals surface area contributed by atoms with Crippen LogP contribution in [0.5, 0.6) is 0 Å². The number of nitrogens with zero attached hydrogens (tertiary/aromatic N) is 1. The summed E-state index contributed by atoms with van der Waals surface area (Å²) in [5.41, 5.74) is 10.2. The number of carbonyl (C=O) groups excluding carboxylic acids is 2. The zero-order chi connectivity index (χ0) is 10.9. The number of hydrogen-bond acceptors (Lipinski definition) is 3. The fraction of sp³-hybridized carbons (Fsp3) is 0.778. The third kappa shape index (κ3) is 1.87. The van der Waals surface area contributed by atoms with Gasteiger partial charge in [-0.2, -0.15) is 0 Å². The molecular formula is C9H17N3O2. The second-order valence-electron chi connectivity index (χ2n) is 4.22. The lowest BCUT2D eigenvalue weighted by Gasteiger charge is -2.22. The minimum Gasteiger partial charge on any atom is -0.369 e. The molecule has 1 rings (SSSR count). The Hall–Kier alpha value is -1.10. The van der Waals surface area contributed by atoms with E-state index < -0.39 is 11.5 Å². The minimum atomic E-state index is -0.579. The zero-order valence-electron chi connectivity index (χ0n) is 8.62. The third-order valence-electron chi connectivity index (χ3n) is 2.77. The molecule has 5 heteroatoms. The van der Waals surface area contributed by atoms with Crippen LogP contribution in [0.3, 0.4) is 0 Å². The van der Waals surface area contributed by atoms with E-state index in [1.54, 1.807) is 18.7 Å². The van der Waals surface area contributed by atoms with E-state index >= 15 is 0 Å². The quantitative estimate of drug-likeness (QED) is 0.601. The molecule has 0 aliphatic carbocycles.